The number of aliphatic hydroxyl groups excluding tert-OH is 1. The van der Waals surface area contributed by atoms with Crippen molar-refractivity contribution in [3.63, 3.8) is 0 Å². The SMILES string of the molecule is OC(CSc1cccc(Br)c1)CC1CC2CCC1C2. The monoisotopic (exact) mass is 340 g/mol. The lowest BCUT2D eigenvalue weighted by molar-refractivity contribution is 0.144. The van der Waals surface area contributed by atoms with E-state index >= 15 is 0 Å². The van der Waals surface area contributed by atoms with E-state index in [1.165, 1.54) is 30.6 Å². The first-order valence-corrected chi connectivity index (χ1v) is 9.05. The van der Waals surface area contributed by atoms with Crippen LogP contribution in [-0.2, 0) is 0 Å². The number of rotatable bonds is 5. The Morgan fingerprint density at radius 2 is 2.21 bits per heavy atom. The number of fused-ring (bicyclic) bond motifs is 2. The molecule has 1 nitrogen and oxygen atoms in total. The van der Waals surface area contributed by atoms with E-state index in [2.05, 4.69) is 34.1 Å². The van der Waals surface area contributed by atoms with Gasteiger partial charge in [-0.3, -0.25) is 0 Å². The quantitative estimate of drug-likeness (QED) is 0.782. The maximum Gasteiger partial charge on any atom is 0.0636 e. The molecule has 19 heavy (non-hydrogen) atoms. The molecule has 2 aliphatic carbocycles. The molecule has 0 aromatic heterocycles. The summed E-state index contributed by atoms with van der Waals surface area (Å²) in [5.41, 5.74) is 0. The van der Waals surface area contributed by atoms with Crippen molar-refractivity contribution in [2.45, 2.75) is 43.1 Å². The van der Waals surface area contributed by atoms with E-state index in [4.69, 9.17) is 0 Å². The van der Waals surface area contributed by atoms with Crippen molar-refractivity contribution in [2.24, 2.45) is 17.8 Å². The molecule has 0 aliphatic heterocycles. The second kappa shape index (κ2) is 6.19. The maximum atomic E-state index is 10.2. The molecule has 1 N–H and O–H groups in total. The first kappa shape index (κ1) is 14.0. The topological polar surface area (TPSA) is 20.2 Å². The Balaban J connectivity index is 1.45. The standard InChI is InChI=1S/C16H21BrOS/c17-14-2-1-3-16(9-14)19-10-15(18)8-13-7-11-4-5-12(13)6-11/h1-3,9,11-13,15,18H,4-8,10H2. The van der Waals surface area contributed by atoms with Crippen molar-refractivity contribution in [3.05, 3.63) is 28.7 Å². The summed E-state index contributed by atoms with van der Waals surface area (Å²) >= 11 is 5.25. The van der Waals surface area contributed by atoms with Crippen LogP contribution in [0.1, 0.15) is 32.1 Å². The molecule has 0 saturated heterocycles. The third kappa shape index (κ3) is 3.56. The fourth-order valence-electron chi connectivity index (χ4n) is 3.83. The van der Waals surface area contributed by atoms with Gasteiger partial charge in [0.15, 0.2) is 0 Å². The van der Waals surface area contributed by atoms with Crippen molar-refractivity contribution < 1.29 is 5.11 Å². The van der Waals surface area contributed by atoms with E-state index in [0.29, 0.717) is 0 Å². The second-order valence-electron chi connectivity index (χ2n) is 6.09. The van der Waals surface area contributed by atoms with Crippen LogP contribution in [0.3, 0.4) is 0 Å². The Hall–Kier alpha value is 0.01000. The molecule has 0 heterocycles. The molecule has 0 spiro atoms. The molecule has 1 aromatic rings. The van der Waals surface area contributed by atoms with Crippen LogP contribution in [0.15, 0.2) is 33.6 Å². The van der Waals surface area contributed by atoms with Gasteiger partial charge in [0.2, 0.25) is 0 Å². The van der Waals surface area contributed by atoms with E-state index < -0.39 is 0 Å². The highest BCUT2D eigenvalue weighted by Crippen LogP contribution is 2.50. The second-order valence-corrected chi connectivity index (χ2v) is 8.10. The van der Waals surface area contributed by atoms with Crippen molar-refractivity contribution in [1.29, 1.82) is 0 Å². The van der Waals surface area contributed by atoms with Crippen LogP contribution in [0.5, 0.6) is 0 Å². The van der Waals surface area contributed by atoms with Crippen LogP contribution in [0.2, 0.25) is 0 Å². The molecule has 2 bridgehead atoms. The van der Waals surface area contributed by atoms with Gasteiger partial charge in [-0.2, -0.15) is 0 Å². The molecular weight excluding hydrogens is 320 g/mol. The van der Waals surface area contributed by atoms with E-state index in [-0.39, 0.29) is 6.10 Å². The van der Waals surface area contributed by atoms with Crippen molar-refractivity contribution in [2.75, 3.05) is 5.75 Å². The zero-order valence-electron chi connectivity index (χ0n) is 11.1. The largest absolute Gasteiger partial charge is 0.392 e. The smallest absolute Gasteiger partial charge is 0.0636 e. The van der Waals surface area contributed by atoms with Gasteiger partial charge in [-0.15, -0.1) is 11.8 Å². The minimum Gasteiger partial charge on any atom is -0.392 e. The zero-order chi connectivity index (χ0) is 13.2. The van der Waals surface area contributed by atoms with E-state index in [0.717, 1.165) is 34.4 Å². The molecule has 4 atom stereocenters. The molecule has 0 amide bonds. The van der Waals surface area contributed by atoms with Crippen LogP contribution in [0.25, 0.3) is 0 Å². The van der Waals surface area contributed by atoms with Gasteiger partial charge in [-0.25, -0.2) is 0 Å². The highest BCUT2D eigenvalue weighted by Gasteiger charge is 2.39. The zero-order valence-corrected chi connectivity index (χ0v) is 13.5. The van der Waals surface area contributed by atoms with Gasteiger partial charge in [0.05, 0.1) is 6.10 Å². The van der Waals surface area contributed by atoms with Crippen LogP contribution < -0.4 is 0 Å². The number of benzene rings is 1. The fraction of sp³-hybridized carbons (Fsp3) is 0.625. The normalized spacial score (nSPS) is 30.7. The summed E-state index contributed by atoms with van der Waals surface area (Å²) < 4.78 is 1.11. The average Bonchev–Trinajstić information content (AvgIpc) is 2.99. The van der Waals surface area contributed by atoms with Gasteiger partial charge in [-0.05, 0) is 61.6 Å². The molecule has 104 valence electrons. The predicted molar refractivity (Wildman–Crippen MR) is 84.4 cm³/mol. The Labute approximate surface area is 128 Å². The van der Waals surface area contributed by atoms with Gasteiger partial charge in [0, 0.05) is 15.1 Å². The molecule has 4 unspecified atom stereocenters. The molecule has 3 rings (SSSR count). The van der Waals surface area contributed by atoms with Crippen molar-refractivity contribution >= 4 is 27.7 Å². The van der Waals surface area contributed by atoms with Gasteiger partial charge in [0.25, 0.3) is 0 Å². The van der Waals surface area contributed by atoms with Crippen LogP contribution in [0.4, 0.5) is 0 Å². The minimum absolute atomic E-state index is 0.145. The van der Waals surface area contributed by atoms with Gasteiger partial charge in [-0.1, -0.05) is 28.4 Å². The Morgan fingerprint density at radius 1 is 1.32 bits per heavy atom. The van der Waals surface area contributed by atoms with Gasteiger partial charge in [0.1, 0.15) is 0 Å². The maximum absolute atomic E-state index is 10.2. The first-order valence-electron chi connectivity index (χ1n) is 7.27. The fourth-order valence-corrected chi connectivity index (χ4v) is 5.29. The highest BCUT2D eigenvalue weighted by atomic mass is 79.9. The van der Waals surface area contributed by atoms with Gasteiger partial charge < -0.3 is 5.11 Å². The van der Waals surface area contributed by atoms with Crippen molar-refractivity contribution in [1.82, 2.24) is 0 Å². The number of hydrogen-bond acceptors (Lipinski definition) is 2. The van der Waals surface area contributed by atoms with E-state index in [1.807, 2.05) is 6.07 Å². The molecular formula is C16H21BrOS. The first-order chi connectivity index (χ1) is 9.20. The van der Waals surface area contributed by atoms with E-state index in [1.54, 1.807) is 11.8 Å². The average molecular weight is 341 g/mol. The third-order valence-electron chi connectivity index (χ3n) is 4.70. The summed E-state index contributed by atoms with van der Waals surface area (Å²) in [6.07, 6.45) is 6.56. The number of aliphatic hydroxyl groups is 1. The number of thioether (sulfide) groups is 1. The predicted octanol–water partition coefficient (Wildman–Crippen LogP) is 4.73. The third-order valence-corrected chi connectivity index (χ3v) is 6.33. The summed E-state index contributed by atoms with van der Waals surface area (Å²) in [5.74, 6) is 3.54. The summed E-state index contributed by atoms with van der Waals surface area (Å²) in [7, 11) is 0. The summed E-state index contributed by atoms with van der Waals surface area (Å²) in [5, 5.41) is 10.2. The minimum atomic E-state index is -0.145. The molecule has 0 radical (unpaired) electrons. The summed E-state index contributed by atoms with van der Waals surface area (Å²) in [6, 6.07) is 8.32. The molecule has 1 aromatic carbocycles. The number of halogens is 1. The van der Waals surface area contributed by atoms with Crippen molar-refractivity contribution in [3.8, 4) is 0 Å². The number of hydrogen-bond donors (Lipinski definition) is 1. The lowest BCUT2D eigenvalue weighted by Crippen LogP contribution is -2.20. The summed E-state index contributed by atoms with van der Waals surface area (Å²) in [4.78, 5) is 1.24. The molecule has 2 fully saturated rings. The molecule has 2 saturated carbocycles. The summed E-state index contributed by atoms with van der Waals surface area (Å²) in [6.45, 7) is 0. The lowest BCUT2D eigenvalue weighted by atomic mass is 9.85. The highest BCUT2D eigenvalue weighted by molar-refractivity contribution is 9.10. The Bertz CT molecular complexity index is 437. The Kier molecular flexibility index (Phi) is 4.55. The molecule has 3 heteroatoms. The van der Waals surface area contributed by atoms with Gasteiger partial charge >= 0.3 is 0 Å². The van der Waals surface area contributed by atoms with Crippen LogP contribution in [-0.4, -0.2) is 17.0 Å². The molecule has 2 aliphatic rings. The van der Waals surface area contributed by atoms with Crippen LogP contribution in [0, 0.1) is 17.8 Å². The van der Waals surface area contributed by atoms with E-state index in [9.17, 15) is 5.11 Å². The Morgan fingerprint density at radius 3 is 2.89 bits per heavy atom. The van der Waals surface area contributed by atoms with Crippen LogP contribution >= 0.6 is 27.7 Å². The lowest BCUT2D eigenvalue weighted by Gasteiger charge is -2.24.